The van der Waals surface area contributed by atoms with E-state index in [1.807, 2.05) is 16.7 Å². The molecule has 2 aromatic carbocycles. The monoisotopic (exact) mass is 760 g/mol. The number of aromatic nitrogens is 4. The molecule has 13 heteroatoms. The molecule has 0 saturated carbocycles. The van der Waals surface area contributed by atoms with Gasteiger partial charge in [0.25, 0.3) is 5.56 Å². The largest absolute Gasteiger partial charge is 0.414 e. The summed E-state index contributed by atoms with van der Waals surface area (Å²) in [5, 5.41) is 2.64. The lowest BCUT2D eigenvalue weighted by Crippen LogP contribution is -2.54. The molecule has 4 aromatic rings. The van der Waals surface area contributed by atoms with Crippen molar-refractivity contribution in [3.63, 3.8) is 0 Å². The van der Waals surface area contributed by atoms with Gasteiger partial charge < -0.3 is 13.6 Å². The van der Waals surface area contributed by atoms with Crippen LogP contribution in [-0.4, -0.2) is 71.8 Å². The van der Waals surface area contributed by atoms with Crippen LogP contribution in [0.25, 0.3) is 11.2 Å². The molecule has 1 aliphatic heterocycles. The molecule has 0 radical (unpaired) electrons. The van der Waals surface area contributed by atoms with Crippen LogP contribution >= 0.6 is 0 Å². The van der Waals surface area contributed by atoms with Crippen molar-refractivity contribution < 1.29 is 18.4 Å². The number of amides is 1. The third-order valence-electron chi connectivity index (χ3n) is 11.3. The average molecular weight is 761 g/mol. The zero-order valence-corrected chi connectivity index (χ0v) is 35.7. The van der Waals surface area contributed by atoms with Gasteiger partial charge in [-0.05, 0) is 47.4 Å². The third-order valence-corrected chi connectivity index (χ3v) is 20.3. The standard InChI is InChI=1S/C40H60N6O5Si2/c1-27(2)35(47)43-38-42-34-31(36(48)44-38)41-26-46(34)37-33(51-53(11,12)40(6,7)8)32(30(50-37)25-49-52(9,10)39(3,4)5)45(23-28-19-15-13-16-20-28)24-29-21-17-14-18-22-29/h13-22,26-27,30,32-33,37H,23-25H2,1-12H3,(H2,42,43,44,47,48). The lowest BCUT2D eigenvalue weighted by atomic mass is 10.0. The first kappa shape index (κ1) is 40.7. The van der Waals surface area contributed by atoms with E-state index in [9.17, 15) is 9.59 Å². The maximum atomic E-state index is 13.4. The summed E-state index contributed by atoms with van der Waals surface area (Å²) < 4.78 is 23.5. The topological polar surface area (TPSA) is 124 Å². The number of fused-ring (bicyclic) bond motifs is 1. The number of anilines is 1. The van der Waals surface area contributed by atoms with Crippen molar-refractivity contribution in [2.75, 3.05) is 11.9 Å². The van der Waals surface area contributed by atoms with Gasteiger partial charge in [0.1, 0.15) is 12.2 Å². The molecule has 1 amide bonds. The van der Waals surface area contributed by atoms with Crippen LogP contribution in [0.2, 0.25) is 36.3 Å². The number of carbonyl (C=O) groups excluding carboxylic acids is 1. The number of carbonyl (C=O) groups is 1. The van der Waals surface area contributed by atoms with Crippen molar-refractivity contribution in [1.29, 1.82) is 0 Å². The van der Waals surface area contributed by atoms with Gasteiger partial charge >= 0.3 is 0 Å². The van der Waals surface area contributed by atoms with Gasteiger partial charge in [0.05, 0.1) is 19.0 Å². The first-order valence-electron chi connectivity index (χ1n) is 18.8. The van der Waals surface area contributed by atoms with Crippen LogP contribution in [0.5, 0.6) is 0 Å². The summed E-state index contributed by atoms with van der Waals surface area (Å²) in [6.45, 7) is 27.7. The molecule has 5 rings (SSSR count). The van der Waals surface area contributed by atoms with E-state index in [-0.39, 0.29) is 39.4 Å². The van der Waals surface area contributed by atoms with E-state index < -0.39 is 40.6 Å². The van der Waals surface area contributed by atoms with Crippen molar-refractivity contribution in [3.05, 3.63) is 88.5 Å². The molecule has 53 heavy (non-hydrogen) atoms. The van der Waals surface area contributed by atoms with E-state index in [4.69, 9.17) is 18.6 Å². The molecule has 11 nitrogen and oxygen atoms in total. The number of nitrogens with one attached hydrogen (secondary N) is 2. The van der Waals surface area contributed by atoms with E-state index in [0.717, 1.165) is 0 Å². The number of nitrogens with zero attached hydrogens (tertiary/aromatic N) is 4. The van der Waals surface area contributed by atoms with E-state index in [0.29, 0.717) is 25.3 Å². The lowest BCUT2D eigenvalue weighted by Gasteiger charge is -2.43. The minimum Gasteiger partial charge on any atom is -0.414 e. The maximum absolute atomic E-state index is 13.4. The molecule has 3 heterocycles. The second-order valence-electron chi connectivity index (χ2n) is 17.7. The van der Waals surface area contributed by atoms with Crippen molar-refractivity contribution >= 4 is 39.7 Å². The molecule has 4 atom stereocenters. The van der Waals surface area contributed by atoms with Crippen molar-refractivity contribution in [3.8, 4) is 0 Å². The number of ether oxygens (including phenoxy) is 1. The smallest absolute Gasteiger partial charge is 0.280 e. The molecule has 4 unspecified atom stereocenters. The Kier molecular flexibility index (Phi) is 12.1. The first-order valence-corrected chi connectivity index (χ1v) is 24.6. The number of rotatable bonds is 13. The second kappa shape index (κ2) is 15.7. The van der Waals surface area contributed by atoms with E-state index in [2.05, 4.69) is 136 Å². The fourth-order valence-corrected chi connectivity index (χ4v) is 8.31. The minimum atomic E-state index is -2.46. The van der Waals surface area contributed by atoms with Gasteiger partial charge in [-0.15, -0.1) is 0 Å². The average Bonchev–Trinajstić information content (AvgIpc) is 3.64. The number of aromatic amines is 1. The second-order valence-corrected chi connectivity index (χ2v) is 27.3. The predicted octanol–water partition coefficient (Wildman–Crippen LogP) is 8.09. The Morgan fingerprint density at radius 1 is 0.925 bits per heavy atom. The van der Waals surface area contributed by atoms with Gasteiger partial charge in [-0.1, -0.05) is 116 Å². The maximum Gasteiger partial charge on any atom is 0.280 e. The van der Waals surface area contributed by atoms with Gasteiger partial charge in [-0.25, -0.2) is 4.98 Å². The van der Waals surface area contributed by atoms with Crippen LogP contribution in [0.1, 0.15) is 72.7 Å². The molecule has 1 saturated heterocycles. The summed E-state index contributed by atoms with van der Waals surface area (Å²) in [5.74, 6) is -0.494. The molecule has 1 aliphatic rings. The number of hydrogen-bond acceptors (Lipinski definition) is 8. The highest BCUT2D eigenvalue weighted by molar-refractivity contribution is 6.74. The van der Waals surface area contributed by atoms with Crippen LogP contribution in [0.3, 0.4) is 0 Å². The summed E-state index contributed by atoms with van der Waals surface area (Å²) in [6.07, 6.45) is 0.00377. The molecule has 0 aliphatic carbocycles. The summed E-state index contributed by atoms with van der Waals surface area (Å²) >= 11 is 0. The van der Waals surface area contributed by atoms with Gasteiger partial charge in [0.15, 0.2) is 34.0 Å². The zero-order valence-electron chi connectivity index (χ0n) is 33.7. The normalized spacial score (nSPS) is 20.1. The van der Waals surface area contributed by atoms with Crippen LogP contribution in [0.4, 0.5) is 5.95 Å². The summed E-state index contributed by atoms with van der Waals surface area (Å²) in [6, 6.07) is 20.7. The number of benzene rings is 2. The molecule has 0 spiro atoms. The van der Waals surface area contributed by atoms with E-state index in [1.165, 1.54) is 11.1 Å². The third kappa shape index (κ3) is 9.26. The van der Waals surface area contributed by atoms with Crippen LogP contribution in [-0.2, 0) is 31.5 Å². The predicted molar refractivity (Wildman–Crippen MR) is 217 cm³/mol. The molecular formula is C40H60N6O5Si2. The van der Waals surface area contributed by atoms with Crippen molar-refractivity contribution in [1.82, 2.24) is 24.4 Å². The zero-order chi connectivity index (χ0) is 38.9. The first-order chi connectivity index (χ1) is 24.7. The molecule has 2 aromatic heterocycles. The Balaban J connectivity index is 1.70. The molecular weight excluding hydrogens is 701 g/mol. The van der Waals surface area contributed by atoms with E-state index >= 15 is 0 Å². The Morgan fingerprint density at radius 3 is 1.98 bits per heavy atom. The number of H-pyrrole nitrogens is 1. The Morgan fingerprint density at radius 2 is 1.47 bits per heavy atom. The quantitative estimate of drug-likeness (QED) is 0.131. The number of imidazole rings is 1. The Labute approximate surface area is 317 Å². The van der Waals surface area contributed by atoms with Crippen LogP contribution in [0.15, 0.2) is 71.8 Å². The Bertz CT molecular complexity index is 1860. The summed E-state index contributed by atoms with van der Waals surface area (Å²) in [7, 11) is -4.66. The van der Waals surface area contributed by atoms with Crippen LogP contribution in [0, 0.1) is 5.92 Å². The summed E-state index contributed by atoms with van der Waals surface area (Å²) in [5.41, 5.74) is 2.37. The van der Waals surface area contributed by atoms with Gasteiger partial charge in [0, 0.05) is 19.0 Å². The Hall–Kier alpha value is -3.47. The minimum absolute atomic E-state index is 0.00632. The molecule has 0 bridgehead atoms. The van der Waals surface area contributed by atoms with Crippen molar-refractivity contribution in [2.24, 2.45) is 5.92 Å². The fraction of sp³-hybridized carbons (Fsp3) is 0.550. The molecule has 1 fully saturated rings. The molecule has 2 N–H and O–H groups in total. The van der Waals surface area contributed by atoms with Gasteiger partial charge in [-0.3, -0.25) is 29.4 Å². The van der Waals surface area contributed by atoms with Crippen LogP contribution < -0.4 is 10.9 Å². The fourth-order valence-electron chi connectivity index (χ4n) is 6.01. The highest BCUT2D eigenvalue weighted by Gasteiger charge is 2.54. The molecule has 288 valence electrons. The lowest BCUT2D eigenvalue weighted by molar-refractivity contribution is -0.118. The van der Waals surface area contributed by atoms with Gasteiger partial charge in [0.2, 0.25) is 11.9 Å². The highest BCUT2D eigenvalue weighted by Crippen LogP contribution is 2.45. The van der Waals surface area contributed by atoms with Crippen molar-refractivity contribution in [2.45, 2.75) is 129 Å². The van der Waals surface area contributed by atoms with E-state index in [1.54, 1.807) is 20.2 Å². The highest BCUT2D eigenvalue weighted by atomic mass is 28.4. The number of hydrogen-bond donors (Lipinski definition) is 2. The SMILES string of the molecule is CC(C)C(=O)Nc1nc2c(ncn2C2OC(CO[Si](C)(C)C(C)(C)C)C(N(Cc3ccccc3)Cc3ccccc3)C2O[Si](C)(C)C(C)(C)C)c(=O)[nH]1. The van der Waals surface area contributed by atoms with Gasteiger partial charge in [-0.2, -0.15) is 4.98 Å². The summed E-state index contributed by atoms with van der Waals surface area (Å²) in [4.78, 5) is 40.5.